The summed E-state index contributed by atoms with van der Waals surface area (Å²) >= 11 is 0. The number of alkyl halides is 2. The molecule has 1 N–H and O–H groups in total. The van der Waals surface area contributed by atoms with Crippen LogP contribution in [0.3, 0.4) is 0 Å². The van der Waals surface area contributed by atoms with Crippen molar-refractivity contribution >= 4 is 12.4 Å². The summed E-state index contributed by atoms with van der Waals surface area (Å²) in [5.41, 5.74) is 1.02. The number of benzene rings is 1. The van der Waals surface area contributed by atoms with Gasteiger partial charge in [0.2, 0.25) is 0 Å². The first kappa shape index (κ1) is 13.2. The Bertz CT molecular complexity index is 330. The highest BCUT2D eigenvalue weighted by Gasteiger charge is 2.16. The highest BCUT2D eigenvalue weighted by molar-refractivity contribution is 5.85. The molecule has 1 fully saturated rings. The maximum atomic E-state index is 12.0. The van der Waals surface area contributed by atoms with Gasteiger partial charge in [-0.2, -0.15) is 8.78 Å². The fraction of sp³-hybridized carbons (Fsp3) is 0.455. The lowest BCUT2D eigenvalue weighted by molar-refractivity contribution is -0.0499. The Morgan fingerprint density at radius 1 is 1.38 bits per heavy atom. The molecule has 1 atom stereocenters. The molecule has 2 nitrogen and oxygen atoms in total. The SMILES string of the molecule is Cl.FC(F)Oc1cccc([C@H]2CCCN2)c1. The predicted molar refractivity (Wildman–Crippen MR) is 60.3 cm³/mol. The molecule has 0 aromatic heterocycles. The molecule has 2 rings (SSSR count). The zero-order valence-electron chi connectivity index (χ0n) is 8.66. The molecule has 1 aliphatic rings. The van der Waals surface area contributed by atoms with Crippen molar-refractivity contribution in [1.82, 2.24) is 5.32 Å². The summed E-state index contributed by atoms with van der Waals surface area (Å²) in [4.78, 5) is 0. The van der Waals surface area contributed by atoms with Crippen molar-refractivity contribution in [2.24, 2.45) is 0 Å². The zero-order chi connectivity index (χ0) is 10.7. The zero-order valence-corrected chi connectivity index (χ0v) is 9.47. The molecule has 0 spiro atoms. The third-order valence-electron chi connectivity index (χ3n) is 2.55. The van der Waals surface area contributed by atoms with Crippen molar-refractivity contribution in [1.29, 1.82) is 0 Å². The summed E-state index contributed by atoms with van der Waals surface area (Å²) < 4.78 is 28.3. The average Bonchev–Trinajstić information content (AvgIpc) is 2.69. The van der Waals surface area contributed by atoms with E-state index in [2.05, 4.69) is 10.1 Å². The van der Waals surface area contributed by atoms with Crippen LogP contribution in [0.1, 0.15) is 24.4 Å². The summed E-state index contributed by atoms with van der Waals surface area (Å²) in [7, 11) is 0. The van der Waals surface area contributed by atoms with Crippen molar-refractivity contribution in [3.05, 3.63) is 29.8 Å². The van der Waals surface area contributed by atoms with Crippen LogP contribution in [0, 0.1) is 0 Å². The lowest BCUT2D eigenvalue weighted by atomic mass is 10.1. The molecule has 0 amide bonds. The van der Waals surface area contributed by atoms with Crippen LogP contribution in [0.25, 0.3) is 0 Å². The van der Waals surface area contributed by atoms with Crippen LogP contribution < -0.4 is 10.1 Å². The number of ether oxygens (including phenoxy) is 1. The number of halogens is 3. The van der Waals surface area contributed by atoms with E-state index in [9.17, 15) is 8.78 Å². The summed E-state index contributed by atoms with van der Waals surface area (Å²) in [6.07, 6.45) is 2.18. The molecule has 5 heteroatoms. The van der Waals surface area contributed by atoms with Gasteiger partial charge in [-0.1, -0.05) is 12.1 Å². The van der Waals surface area contributed by atoms with Crippen LogP contribution >= 0.6 is 12.4 Å². The van der Waals surface area contributed by atoms with E-state index in [-0.39, 0.29) is 24.2 Å². The molecule has 1 heterocycles. The molecule has 0 radical (unpaired) electrons. The van der Waals surface area contributed by atoms with Gasteiger partial charge in [-0.3, -0.25) is 0 Å². The van der Waals surface area contributed by atoms with Gasteiger partial charge in [0.05, 0.1) is 0 Å². The standard InChI is InChI=1S/C11H13F2NO.ClH/c12-11(13)15-9-4-1-3-8(7-9)10-5-2-6-14-10;/h1,3-4,7,10-11,14H,2,5-6H2;1H/t10-;/m1./s1. The molecule has 1 aromatic carbocycles. The molecule has 90 valence electrons. The predicted octanol–water partition coefficient (Wildman–Crippen LogP) is 3.13. The number of hydrogen-bond acceptors (Lipinski definition) is 2. The van der Waals surface area contributed by atoms with Crippen LogP contribution in [0.4, 0.5) is 8.78 Å². The van der Waals surface area contributed by atoms with E-state index in [1.807, 2.05) is 6.07 Å². The van der Waals surface area contributed by atoms with Gasteiger partial charge in [-0.05, 0) is 37.1 Å². The van der Waals surface area contributed by atoms with E-state index >= 15 is 0 Å². The third kappa shape index (κ3) is 3.32. The highest BCUT2D eigenvalue weighted by atomic mass is 35.5. The van der Waals surface area contributed by atoms with E-state index < -0.39 is 6.61 Å². The Labute approximate surface area is 99.4 Å². The van der Waals surface area contributed by atoms with Gasteiger partial charge in [0.25, 0.3) is 0 Å². The number of hydrogen-bond donors (Lipinski definition) is 1. The fourth-order valence-electron chi connectivity index (χ4n) is 1.88. The van der Waals surface area contributed by atoms with E-state index in [0.717, 1.165) is 24.9 Å². The van der Waals surface area contributed by atoms with E-state index in [0.29, 0.717) is 0 Å². The Morgan fingerprint density at radius 2 is 2.19 bits per heavy atom. The van der Waals surface area contributed by atoms with Crippen LogP contribution in [-0.4, -0.2) is 13.2 Å². The Balaban J connectivity index is 0.00000128. The van der Waals surface area contributed by atoms with Gasteiger partial charge in [-0.25, -0.2) is 0 Å². The third-order valence-corrected chi connectivity index (χ3v) is 2.55. The van der Waals surface area contributed by atoms with Crippen molar-refractivity contribution in [3.8, 4) is 5.75 Å². The smallest absolute Gasteiger partial charge is 0.387 e. The lowest BCUT2D eigenvalue weighted by Gasteiger charge is -2.12. The minimum absolute atomic E-state index is 0. The van der Waals surface area contributed by atoms with Gasteiger partial charge >= 0.3 is 6.61 Å². The largest absolute Gasteiger partial charge is 0.435 e. The number of rotatable bonds is 3. The second kappa shape index (κ2) is 6.01. The molecule has 0 unspecified atom stereocenters. The van der Waals surface area contributed by atoms with Crippen molar-refractivity contribution < 1.29 is 13.5 Å². The van der Waals surface area contributed by atoms with Gasteiger partial charge in [0.1, 0.15) is 5.75 Å². The van der Waals surface area contributed by atoms with Crippen molar-refractivity contribution in [2.75, 3.05) is 6.54 Å². The van der Waals surface area contributed by atoms with Gasteiger partial charge < -0.3 is 10.1 Å². The molecule has 0 bridgehead atoms. The lowest BCUT2D eigenvalue weighted by Crippen LogP contribution is -2.13. The first-order valence-electron chi connectivity index (χ1n) is 5.04. The highest BCUT2D eigenvalue weighted by Crippen LogP contribution is 2.26. The Morgan fingerprint density at radius 3 is 2.81 bits per heavy atom. The molecular formula is C11H14ClF2NO. The van der Waals surface area contributed by atoms with E-state index in [4.69, 9.17) is 0 Å². The Kier molecular flexibility index (Phi) is 4.96. The van der Waals surface area contributed by atoms with Crippen LogP contribution in [0.2, 0.25) is 0 Å². The quantitative estimate of drug-likeness (QED) is 0.889. The van der Waals surface area contributed by atoms with E-state index in [1.165, 1.54) is 0 Å². The monoisotopic (exact) mass is 249 g/mol. The summed E-state index contributed by atoms with van der Waals surface area (Å²) in [5.74, 6) is 0.233. The topological polar surface area (TPSA) is 21.3 Å². The minimum atomic E-state index is -2.75. The Hall–Kier alpha value is -0.870. The fourth-order valence-corrected chi connectivity index (χ4v) is 1.88. The molecule has 0 aliphatic carbocycles. The van der Waals surface area contributed by atoms with Gasteiger partial charge in [0, 0.05) is 6.04 Å². The summed E-state index contributed by atoms with van der Waals surface area (Å²) in [6, 6.07) is 7.18. The molecular weight excluding hydrogens is 236 g/mol. The first-order valence-corrected chi connectivity index (χ1v) is 5.04. The summed E-state index contributed by atoms with van der Waals surface area (Å²) in [5, 5.41) is 3.31. The number of nitrogens with one attached hydrogen (secondary N) is 1. The first-order chi connectivity index (χ1) is 7.25. The second-order valence-electron chi connectivity index (χ2n) is 3.60. The maximum absolute atomic E-state index is 12.0. The normalized spacial score (nSPS) is 19.6. The van der Waals surface area contributed by atoms with Crippen molar-refractivity contribution in [2.45, 2.75) is 25.5 Å². The maximum Gasteiger partial charge on any atom is 0.387 e. The van der Waals surface area contributed by atoms with Gasteiger partial charge in [-0.15, -0.1) is 12.4 Å². The average molecular weight is 250 g/mol. The van der Waals surface area contributed by atoms with Gasteiger partial charge in [0.15, 0.2) is 0 Å². The molecule has 1 aromatic rings. The van der Waals surface area contributed by atoms with Crippen LogP contribution in [0.5, 0.6) is 5.75 Å². The van der Waals surface area contributed by atoms with Crippen LogP contribution in [0.15, 0.2) is 24.3 Å². The molecule has 0 saturated carbocycles. The molecule has 1 aliphatic heterocycles. The minimum Gasteiger partial charge on any atom is -0.435 e. The summed E-state index contributed by atoms with van der Waals surface area (Å²) in [6.45, 7) is -1.76. The second-order valence-corrected chi connectivity index (χ2v) is 3.60. The van der Waals surface area contributed by atoms with E-state index in [1.54, 1.807) is 18.2 Å². The van der Waals surface area contributed by atoms with Crippen molar-refractivity contribution in [3.63, 3.8) is 0 Å². The van der Waals surface area contributed by atoms with Crippen LogP contribution in [-0.2, 0) is 0 Å². The molecule has 16 heavy (non-hydrogen) atoms. The molecule has 1 saturated heterocycles.